The summed E-state index contributed by atoms with van der Waals surface area (Å²) in [4.78, 5) is 2.65. The molecule has 0 aromatic carbocycles. The molecule has 100 valence electrons. The lowest BCUT2D eigenvalue weighted by atomic mass is 9.77. The van der Waals surface area contributed by atoms with E-state index in [0.717, 1.165) is 19.8 Å². The fourth-order valence-electron chi connectivity index (χ4n) is 3.17. The lowest BCUT2D eigenvalue weighted by Gasteiger charge is -2.48. The van der Waals surface area contributed by atoms with Gasteiger partial charge >= 0.3 is 0 Å². The Morgan fingerprint density at radius 2 is 2.18 bits per heavy atom. The predicted molar refractivity (Wildman–Crippen MR) is 71.3 cm³/mol. The Morgan fingerprint density at radius 1 is 1.35 bits per heavy atom. The SMILES string of the molecule is CCC1(CN2CCOCC2(C)C)CCCNC1. The second kappa shape index (κ2) is 5.25. The van der Waals surface area contributed by atoms with E-state index < -0.39 is 0 Å². The van der Waals surface area contributed by atoms with E-state index >= 15 is 0 Å². The van der Waals surface area contributed by atoms with Gasteiger partial charge in [0, 0.05) is 25.2 Å². The zero-order valence-corrected chi connectivity index (χ0v) is 11.7. The predicted octanol–water partition coefficient (Wildman–Crippen LogP) is 1.88. The molecule has 2 fully saturated rings. The van der Waals surface area contributed by atoms with Crippen LogP contribution in [-0.2, 0) is 4.74 Å². The molecule has 2 aliphatic rings. The Balaban J connectivity index is 2.01. The molecular formula is C14H28N2O. The number of hydrogen-bond donors (Lipinski definition) is 1. The highest BCUT2D eigenvalue weighted by Crippen LogP contribution is 2.33. The normalized spacial score (nSPS) is 34.8. The molecule has 1 atom stereocenters. The largest absolute Gasteiger partial charge is 0.378 e. The van der Waals surface area contributed by atoms with Gasteiger partial charge in [-0.1, -0.05) is 6.92 Å². The van der Waals surface area contributed by atoms with Crippen LogP contribution in [0.1, 0.15) is 40.0 Å². The van der Waals surface area contributed by atoms with Gasteiger partial charge in [-0.2, -0.15) is 0 Å². The van der Waals surface area contributed by atoms with Gasteiger partial charge in [-0.25, -0.2) is 0 Å². The van der Waals surface area contributed by atoms with Gasteiger partial charge in [-0.15, -0.1) is 0 Å². The molecule has 2 aliphatic heterocycles. The number of rotatable bonds is 3. The van der Waals surface area contributed by atoms with Crippen LogP contribution in [-0.4, -0.2) is 49.8 Å². The molecule has 3 nitrogen and oxygen atoms in total. The molecule has 0 radical (unpaired) electrons. The Labute approximate surface area is 106 Å². The van der Waals surface area contributed by atoms with Crippen molar-refractivity contribution in [3.8, 4) is 0 Å². The molecule has 0 spiro atoms. The minimum atomic E-state index is 0.206. The van der Waals surface area contributed by atoms with Crippen LogP contribution in [0.2, 0.25) is 0 Å². The van der Waals surface area contributed by atoms with E-state index in [4.69, 9.17) is 4.74 Å². The lowest BCUT2D eigenvalue weighted by Crippen LogP contribution is -2.58. The Bertz CT molecular complexity index is 247. The number of nitrogens with one attached hydrogen (secondary N) is 1. The molecule has 3 heteroatoms. The van der Waals surface area contributed by atoms with Crippen molar-refractivity contribution in [1.82, 2.24) is 10.2 Å². The van der Waals surface area contributed by atoms with Crippen molar-refractivity contribution in [2.45, 2.75) is 45.6 Å². The summed E-state index contributed by atoms with van der Waals surface area (Å²) in [5, 5.41) is 3.59. The lowest BCUT2D eigenvalue weighted by molar-refractivity contribution is -0.0715. The summed E-state index contributed by atoms with van der Waals surface area (Å²) >= 11 is 0. The average Bonchev–Trinajstić information content (AvgIpc) is 2.33. The van der Waals surface area contributed by atoms with Gasteiger partial charge in [0.2, 0.25) is 0 Å². The second-order valence-electron chi connectivity index (χ2n) is 6.42. The van der Waals surface area contributed by atoms with Crippen LogP contribution >= 0.6 is 0 Å². The first-order valence-electron chi connectivity index (χ1n) is 7.12. The van der Waals surface area contributed by atoms with Crippen molar-refractivity contribution in [3.63, 3.8) is 0 Å². The van der Waals surface area contributed by atoms with E-state index in [1.165, 1.54) is 38.9 Å². The number of hydrogen-bond acceptors (Lipinski definition) is 3. The van der Waals surface area contributed by atoms with Crippen LogP contribution in [0.25, 0.3) is 0 Å². The fourth-order valence-corrected chi connectivity index (χ4v) is 3.17. The third kappa shape index (κ3) is 3.01. The number of piperidine rings is 1. The minimum Gasteiger partial charge on any atom is -0.378 e. The second-order valence-corrected chi connectivity index (χ2v) is 6.42. The van der Waals surface area contributed by atoms with Gasteiger partial charge in [0.25, 0.3) is 0 Å². The van der Waals surface area contributed by atoms with Gasteiger partial charge in [-0.05, 0) is 45.1 Å². The molecule has 2 rings (SSSR count). The van der Waals surface area contributed by atoms with Crippen LogP contribution in [0.5, 0.6) is 0 Å². The summed E-state index contributed by atoms with van der Waals surface area (Å²) in [7, 11) is 0. The molecule has 1 N–H and O–H groups in total. The first-order chi connectivity index (χ1) is 8.08. The highest BCUT2D eigenvalue weighted by atomic mass is 16.5. The molecular weight excluding hydrogens is 212 g/mol. The van der Waals surface area contributed by atoms with Crippen molar-refractivity contribution in [2.75, 3.05) is 39.4 Å². The maximum Gasteiger partial charge on any atom is 0.0645 e. The Kier molecular flexibility index (Phi) is 4.11. The monoisotopic (exact) mass is 240 g/mol. The molecule has 1 unspecified atom stereocenters. The van der Waals surface area contributed by atoms with E-state index in [9.17, 15) is 0 Å². The van der Waals surface area contributed by atoms with Gasteiger partial charge in [0.15, 0.2) is 0 Å². The molecule has 17 heavy (non-hydrogen) atoms. The fraction of sp³-hybridized carbons (Fsp3) is 1.00. The summed E-state index contributed by atoms with van der Waals surface area (Å²) in [5.41, 5.74) is 0.699. The van der Waals surface area contributed by atoms with Gasteiger partial charge in [0.05, 0.1) is 13.2 Å². The van der Waals surface area contributed by atoms with E-state index in [1.54, 1.807) is 0 Å². The van der Waals surface area contributed by atoms with Crippen molar-refractivity contribution >= 4 is 0 Å². The maximum atomic E-state index is 5.61. The van der Waals surface area contributed by atoms with E-state index in [0.29, 0.717) is 5.41 Å². The van der Waals surface area contributed by atoms with Crippen LogP contribution in [0.15, 0.2) is 0 Å². The first kappa shape index (κ1) is 13.3. The third-order valence-electron chi connectivity index (χ3n) is 4.65. The van der Waals surface area contributed by atoms with Crippen molar-refractivity contribution < 1.29 is 4.74 Å². The van der Waals surface area contributed by atoms with E-state index in [1.807, 2.05) is 0 Å². The van der Waals surface area contributed by atoms with Gasteiger partial charge in [0.1, 0.15) is 0 Å². The van der Waals surface area contributed by atoms with Crippen molar-refractivity contribution in [3.05, 3.63) is 0 Å². The number of nitrogens with zero attached hydrogens (tertiary/aromatic N) is 1. The topological polar surface area (TPSA) is 24.5 Å². The standard InChI is InChI=1S/C14H28N2O/c1-4-14(6-5-7-15-10-14)11-16-8-9-17-12-13(16,2)3/h15H,4-12H2,1-3H3. The zero-order chi connectivity index (χ0) is 12.4. The summed E-state index contributed by atoms with van der Waals surface area (Å²) in [6.07, 6.45) is 4.00. The summed E-state index contributed by atoms with van der Waals surface area (Å²) in [6.45, 7) is 13.5. The molecule has 0 bridgehead atoms. The zero-order valence-electron chi connectivity index (χ0n) is 11.7. The smallest absolute Gasteiger partial charge is 0.0645 e. The Morgan fingerprint density at radius 3 is 2.76 bits per heavy atom. The highest BCUT2D eigenvalue weighted by molar-refractivity contribution is 4.93. The van der Waals surface area contributed by atoms with E-state index in [2.05, 4.69) is 31.0 Å². The maximum absolute atomic E-state index is 5.61. The molecule has 0 aromatic rings. The first-order valence-corrected chi connectivity index (χ1v) is 7.12. The molecule has 0 aliphatic carbocycles. The molecule has 2 heterocycles. The van der Waals surface area contributed by atoms with Crippen LogP contribution < -0.4 is 5.32 Å². The number of ether oxygens (including phenoxy) is 1. The van der Waals surface area contributed by atoms with Gasteiger partial charge in [-0.3, -0.25) is 4.90 Å². The molecule has 0 saturated carbocycles. The third-order valence-corrected chi connectivity index (χ3v) is 4.65. The van der Waals surface area contributed by atoms with Crippen LogP contribution in [0, 0.1) is 5.41 Å². The summed E-state index contributed by atoms with van der Waals surface area (Å²) < 4.78 is 5.61. The molecule has 0 amide bonds. The van der Waals surface area contributed by atoms with Crippen LogP contribution in [0.4, 0.5) is 0 Å². The number of morpholine rings is 1. The van der Waals surface area contributed by atoms with Crippen LogP contribution in [0.3, 0.4) is 0 Å². The minimum absolute atomic E-state index is 0.206. The molecule has 2 saturated heterocycles. The van der Waals surface area contributed by atoms with Gasteiger partial charge < -0.3 is 10.1 Å². The highest BCUT2D eigenvalue weighted by Gasteiger charge is 2.38. The average molecular weight is 240 g/mol. The summed E-state index contributed by atoms with van der Waals surface area (Å²) in [6, 6.07) is 0. The quantitative estimate of drug-likeness (QED) is 0.815. The molecule has 0 aromatic heterocycles. The van der Waals surface area contributed by atoms with E-state index in [-0.39, 0.29) is 5.54 Å². The van der Waals surface area contributed by atoms with Crippen molar-refractivity contribution in [1.29, 1.82) is 0 Å². The Hall–Kier alpha value is -0.120. The van der Waals surface area contributed by atoms with Crippen molar-refractivity contribution in [2.24, 2.45) is 5.41 Å². The summed E-state index contributed by atoms with van der Waals surface area (Å²) in [5.74, 6) is 0.